The second kappa shape index (κ2) is 9.64. The Morgan fingerprint density at radius 1 is 0.800 bits per heavy atom. The predicted octanol–water partition coefficient (Wildman–Crippen LogP) is 6.67. The molecule has 4 heteroatoms. The summed E-state index contributed by atoms with van der Waals surface area (Å²) in [6.45, 7) is 0.783. The van der Waals surface area contributed by atoms with Crippen LogP contribution in [0.2, 0.25) is 0 Å². The number of unbranched alkanes of at least 4 members (excludes halogenated alkanes) is 3. The molecule has 0 unspecified atom stereocenters. The molecule has 0 saturated carbocycles. The average Bonchev–Trinajstić information content (AvgIpc) is 3.32. The van der Waals surface area contributed by atoms with Crippen LogP contribution in [0.25, 0.3) is 9.75 Å². The van der Waals surface area contributed by atoms with Gasteiger partial charge in [-0.3, -0.25) is 0 Å². The average molecular weight is 373 g/mol. The fourth-order valence-electron chi connectivity index (χ4n) is 2.79. The second-order valence-electron chi connectivity index (χ2n) is 5.94. The quantitative estimate of drug-likeness (QED) is 0.370. The third-order valence-corrected chi connectivity index (χ3v) is 6.17. The van der Waals surface area contributed by atoms with E-state index in [2.05, 4.69) is 29.0 Å². The number of methoxy groups -OCH3 is 1. The molecule has 3 aromatic rings. The van der Waals surface area contributed by atoms with Crippen LogP contribution < -0.4 is 9.47 Å². The van der Waals surface area contributed by atoms with E-state index in [1.54, 1.807) is 7.11 Å². The van der Waals surface area contributed by atoms with Crippen molar-refractivity contribution < 1.29 is 9.47 Å². The van der Waals surface area contributed by atoms with Gasteiger partial charge >= 0.3 is 0 Å². The van der Waals surface area contributed by atoms with E-state index in [0.717, 1.165) is 24.5 Å². The maximum absolute atomic E-state index is 5.77. The molecule has 0 N–H and O–H groups in total. The molecule has 0 spiro atoms. The minimum Gasteiger partial charge on any atom is -0.497 e. The zero-order chi connectivity index (χ0) is 17.3. The molecule has 2 heterocycles. The molecule has 132 valence electrons. The Labute approximate surface area is 158 Å². The molecule has 2 aromatic heterocycles. The number of rotatable bonds is 10. The summed E-state index contributed by atoms with van der Waals surface area (Å²) in [5.74, 6) is 1.78. The maximum atomic E-state index is 5.77. The first-order chi connectivity index (χ1) is 12.4. The first-order valence-corrected chi connectivity index (χ1v) is 10.5. The molecule has 0 aliphatic heterocycles. The second-order valence-corrected chi connectivity index (χ2v) is 7.80. The van der Waals surface area contributed by atoms with Crippen LogP contribution in [0.4, 0.5) is 0 Å². The summed E-state index contributed by atoms with van der Waals surface area (Å²) in [4.78, 5) is 2.86. The Balaban J connectivity index is 1.31. The molecule has 0 aliphatic carbocycles. The fraction of sp³-hybridized carbons (Fsp3) is 0.333. The Morgan fingerprint density at radius 3 is 2.36 bits per heavy atom. The van der Waals surface area contributed by atoms with Gasteiger partial charge in [0, 0.05) is 9.75 Å². The van der Waals surface area contributed by atoms with Crippen molar-refractivity contribution in [2.75, 3.05) is 13.7 Å². The summed E-state index contributed by atoms with van der Waals surface area (Å²) in [6, 6.07) is 14.4. The normalized spacial score (nSPS) is 10.8. The molecule has 1 aromatic carbocycles. The van der Waals surface area contributed by atoms with Crippen molar-refractivity contribution in [3.05, 3.63) is 58.8 Å². The summed E-state index contributed by atoms with van der Waals surface area (Å²) in [7, 11) is 1.68. The van der Waals surface area contributed by atoms with Crippen LogP contribution in [0.3, 0.4) is 0 Å². The number of benzene rings is 1. The van der Waals surface area contributed by atoms with Gasteiger partial charge in [-0.15, -0.1) is 22.7 Å². The van der Waals surface area contributed by atoms with Crippen LogP contribution >= 0.6 is 22.7 Å². The first-order valence-electron chi connectivity index (χ1n) is 8.74. The number of ether oxygens (including phenoxy) is 2. The highest BCUT2D eigenvalue weighted by Crippen LogP contribution is 2.33. The van der Waals surface area contributed by atoms with Crippen molar-refractivity contribution in [3.8, 4) is 21.3 Å². The number of hydrogen-bond donors (Lipinski definition) is 0. The largest absolute Gasteiger partial charge is 0.497 e. The Hall–Kier alpha value is -1.78. The van der Waals surface area contributed by atoms with E-state index in [9.17, 15) is 0 Å². The summed E-state index contributed by atoms with van der Waals surface area (Å²) in [6.07, 6.45) is 6.00. The van der Waals surface area contributed by atoms with Crippen LogP contribution in [0, 0.1) is 0 Å². The van der Waals surface area contributed by atoms with Gasteiger partial charge < -0.3 is 9.47 Å². The van der Waals surface area contributed by atoms with Crippen LogP contribution in [0.1, 0.15) is 31.2 Å². The molecule has 0 aliphatic rings. The number of thiophene rings is 2. The van der Waals surface area contributed by atoms with Gasteiger partial charge in [-0.05, 0) is 72.0 Å². The molecule has 3 rings (SSSR count). The van der Waals surface area contributed by atoms with Gasteiger partial charge in [-0.1, -0.05) is 18.9 Å². The minimum absolute atomic E-state index is 0.783. The van der Waals surface area contributed by atoms with Crippen molar-refractivity contribution in [2.24, 2.45) is 0 Å². The third-order valence-electron chi connectivity index (χ3n) is 4.16. The summed E-state index contributed by atoms with van der Waals surface area (Å²) >= 11 is 3.69. The summed E-state index contributed by atoms with van der Waals surface area (Å²) in [5, 5.41) is 4.37. The van der Waals surface area contributed by atoms with Gasteiger partial charge in [-0.25, -0.2) is 0 Å². The van der Waals surface area contributed by atoms with Crippen LogP contribution in [-0.4, -0.2) is 13.7 Å². The number of hydrogen-bond acceptors (Lipinski definition) is 4. The van der Waals surface area contributed by atoms with E-state index < -0.39 is 0 Å². The van der Waals surface area contributed by atoms with Gasteiger partial charge in [0.2, 0.25) is 0 Å². The zero-order valence-corrected chi connectivity index (χ0v) is 16.2. The molecule has 0 atom stereocenters. The summed E-state index contributed by atoms with van der Waals surface area (Å²) < 4.78 is 10.9. The Bertz CT molecular complexity index is 730. The van der Waals surface area contributed by atoms with Crippen molar-refractivity contribution in [1.29, 1.82) is 0 Å². The highest BCUT2D eigenvalue weighted by atomic mass is 32.1. The lowest BCUT2D eigenvalue weighted by Crippen LogP contribution is -1.97. The van der Waals surface area contributed by atoms with E-state index in [1.807, 2.05) is 46.9 Å². The SMILES string of the molecule is COc1ccc(OCCCCCCc2ccsc2-c2cccs2)cc1. The van der Waals surface area contributed by atoms with Crippen LogP contribution in [0.15, 0.2) is 53.2 Å². The minimum atomic E-state index is 0.783. The monoisotopic (exact) mass is 372 g/mol. The summed E-state index contributed by atoms with van der Waals surface area (Å²) in [5.41, 5.74) is 1.50. The van der Waals surface area contributed by atoms with Gasteiger partial charge in [0.05, 0.1) is 13.7 Å². The van der Waals surface area contributed by atoms with E-state index >= 15 is 0 Å². The Kier molecular flexibility index (Phi) is 6.95. The van der Waals surface area contributed by atoms with Gasteiger partial charge in [0.1, 0.15) is 11.5 Å². The standard InChI is InChI=1S/C21H24O2S2/c1-22-18-9-11-19(12-10-18)23-14-5-3-2-4-7-17-13-16-25-21(17)20-8-6-15-24-20/h6,8-13,15-16H,2-5,7,14H2,1H3. The molecular formula is C21H24O2S2. The molecule has 0 fully saturated rings. The van der Waals surface area contributed by atoms with Crippen LogP contribution in [-0.2, 0) is 6.42 Å². The van der Waals surface area contributed by atoms with Crippen molar-refractivity contribution in [1.82, 2.24) is 0 Å². The van der Waals surface area contributed by atoms with Gasteiger partial charge in [-0.2, -0.15) is 0 Å². The molecule has 0 amide bonds. The van der Waals surface area contributed by atoms with Crippen molar-refractivity contribution in [3.63, 3.8) is 0 Å². The zero-order valence-electron chi connectivity index (χ0n) is 14.6. The molecular weight excluding hydrogens is 348 g/mol. The van der Waals surface area contributed by atoms with Crippen molar-refractivity contribution in [2.45, 2.75) is 32.1 Å². The molecule has 0 saturated heterocycles. The molecule has 2 nitrogen and oxygen atoms in total. The third kappa shape index (κ3) is 5.35. The lowest BCUT2D eigenvalue weighted by Gasteiger charge is -2.07. The maximum Gasteiger partial charge on any atom is 0.119 e. The molecule has 0 radical (unpaired) electrons. The number of aryl methyl sites for hydroxylation is 1. The van der Waals surface area contributed by atoms with Gasteiger partial charge in [0.25, 0.3) is 0 Å². The lowest BCUT2D eigenvalue weighted by molar-refractivity contribution is 0.304. The predicted molar refractivity (Wildman–Crippen MR) is 108 cm³/mol. The van der Waals surface area contributed by atoms with Gasteiger partial charge in [0.15, 0.2) is 0 Å². The topological polar surface area (TPSA) is 18.5 Å². The fourth-order valence-corrected chi connectivity index (χ4v) is 4.65. The van der Waals surface area contributed by atoms with E-state index in [0.29, 0.717) is 0 Å². The highest BCUT2D eigenvalue weighted by Gasteiger charge is 2.07. The molecule has 0 bridgehead atoms. The molecule has 25 heavy (non-hydrogen) atoms. The smallest absolute Gasteiger partial charge is 0.119 e. The Morgan fingerprint density at radius 2 is 1.60 bits per heavy atom. The van der Waals surface area contributed by atoms with E-state index in [1.165, 1.54) is 41.0 Å². The van der Waals surface area contributed by atoms with E-state index in [4.69, 9.17) is 9.47 Å². The van der Waals surface area contributed by atoms with Crippen molar-refractivity contribution >= 4 is 22.7 Å². The first kappa shape index (κ1) is 18.0. The van der Waals surface area contributed by atoms with Crippen LogP contribution in [0.5, 0.6) is 11.5 Å². The highest BCUT2D eigenvalue weighted by molar-refractivity contribution is 7.20. The van der Waals surface area contributed by atoms with E-state index in [-0.39, 0.29) is 0 Å². The lowest BCUT2D eigenvalue weighted by atomic mass is 10.1.